The Balaban J connectivity index is 1.36. The summed E-state index contributed by atoms with van der Waals surface area (Å²) in [6, 6.07) is 27.3. The van der Waals surface area contributed by atoms with Gasteiger partial charge in [-0.2, -0.15) is 0 Å². The van der Waals surface area contributed by atoms with E-state index >= 15 is 0 Å². The van der Waals surface area contributed by atoms with Crippen molar-refractivity contribution >= 4 is 30.0 Å². The summed E-state index contributed by atoms with van der Waals surface area (Å²) < 4.78 is 72.5. The molecule has 0 saturated carbocycles. The van der Waals surface area contributed by atoms with Gasteiger partial charge in [-0.15, -0.1) is 0 Å². The van der Waals surface area contributed by atoms with E-state index in [4.69, 9.17) is 56.8 Å². The normalized spacial score (nSPS) is 28.3. The third-order valence-corrected chi connectivity index (χ3v) is 10.5. The van der Waals surface area contributed by atoms with Gasteiger partial charge in [0.25, 0.3) is 5.79 Å². The fourth-order valence-electron chi connectivity index (χ4n) is 7.70. The van der Waals surface area contributed by atoms with Crippen LogP contribution in [0.3, 0.4) is 0 Å². The van der Waals surface area contributed by atoms with E-state index in [2.05, 4.69) is 5.32 Å². The molecule has 3 aromatic rings. The maximum Gasteiger partial charge on any atom is 0.408 e. The summed E-state index contributed by atoms with van der Waals surface area (Å²) in [5.74, 6) is -5.73. The Hall–Kier alpha value is -5.47. The topological polar surface area (TPSA) is 208 Å². The van der Waals surface area contributed by atoms with Crippen LogP contribution in [-0.4, -0.2) is 124 Å². The van der Waals surface area contributed by atoms with Gasteiger partial charge in [0.2, 0.25) is 0 Å². The Morgan fingerprint density at radius 2 is 1.30 bits per heavy atom. The maximum absolute atomic E-state index is 14.1. The molecule has 340 valence electrons. The second-order valence-electron chi connectivity index (χ2n) is 15.0. The highest BCUT2D eigenvalue weighted by Gasteiger charge is 2.62. The number of hydrogen-bond acceptors (Lipinski definition) is 17. The van der Waals surface area contributed by atoms with E-state index in [1.807, 2.05) is 91.0 Å². The molecule has 0 radical (unpaired) electrons. The number of cyclic esters (lactones) is 1. The third kappa shape index (κ3) is 12.4. The second kappa shape index (κ2) is 22.2. The lowest BCUT2D eigenvalue weighted by molar-refractivity contribution is -0.349. The van der Waals surface area contributed by atoms with E-state index in [1.165, 1.54) is 7.11 Å². The minimum atomic E-state index is -2.39. The van der Waals surface area contributed by atoms with Gasteiger partial charge in [-0.25, -0.2) is 9.59 Å². The summed E-state index contributed by atoms with van der Waals surface area (Å²) in [7, 11) is 2.56. The number of nitrogens with one attached hydrogen (secondary N) is 1. The Bertz CT molecular complexity index is 1970. The molecule has 0 aliphatic carbocycles. The molecule has 3 aliphatic rings. The van der Waals surface area contributed by atoms with Crippen LogP contribution < -0.4 is 5.32 Å². The summed E-state index contributed by atoms with van der Waals surface area (Å²) >= 11 is 0. The zero-order chi connectivity index (χ0) is 44.9. The van der Waals surface area contributed by atoms with Crippen molar-refractivity contribution in [1.82, 2.24) is 5.32 Å². The number of esters is 4. The third-order valence-electron chi connectivity index (χ3n) is 10.5. The van der Waals surface area contributed by atoms with Crippen LogP contribution in [-0.2, 0) is 95.8 Å². The van der Waals surface area contributed by atoms with Crippen LogP contribution in [0.4, 0.5) is 4.79 Å². The van der Waals surface area contributed by atoms with E-state index < -0.39 is 117 Å². The smallest absolute Gasteiger partial charge is 0.408 e. The van der Waals surface area contributed by atoms with Crippen LogP contribution in [0.1, 0.15) is 43.9 Å². The van der Waals surface area contributed by atoms with Crippen molar-refractivity contribution in [3.63, 3.8) is 0 Å². The minimum absolute atomic E-state index is 0.106. The molecule has 3 aromatic carbocycles. The molecule has 11 atom stereocenters. The van der Waals surface area contributed by atoms with Gasteiger partial charge in [0.05, 0.1) is 46.0 Å². The predicted molar refractivity (Wildman–Crippen MR) is 216 cm³/mol. The highest BCUT2D eigenvalue weighted by atomic mass is 16.8. The molecule has 3 saturated heterocycles. The van der Waals surface area contributed by atoms with Crippen molar-refractivity contribution in [1.29, 1.82) is 0 Å². The molecule has 18 heteroatoms. The van der Waals surface area contributed by atoms with Crippen molar-refractivity contribution in [3.8, 4) is 0 Å². The molecule has 1 N–H and O–H groups in total. The standard InChI is InChI=1S/C45H53NO17/c1-27(47)54-25-34(60-29(3)49)38-39-36(46-44(51)62-38)33(59-28(2)48)21-45(63-39,43(50)53-5)58-26-35-37(55-22-30-15-9-6-10-16-30)40(56-23-31-17-11-7-12-18-31)41(42(52-4)61-35)57-24-32-19-13-8-14-20-32/h6-20,33-42H,21-26H2,1-5H3,(H,46,51)/t33-,34+,35+,36+,37+,38+,39+,40-,41+,42-,45-/m0/s1. The molecule has 3 aliphatic heterocycles. The van der Waals surface area contributed by atoms with Crippen molar-refractivity contribution < 1.29 is 80.8 Å². The molecule has 6 rings (SSSR count). The minimum Gasteiger partial charge on any atom is -0.465 e. The Kier molecular flexibility index (Phi) is 16.6. The second-order valence-corrected chi connectivity index (χ2v) is 15.0. The molecule has 0 unspecified atom stereocenters. The van der Waals surface area contributed by atoms with E-state index in [0.29, 0.717) is 0 Å². The van der Waals surface area contributed by atoms with Gasteiger partial charge >= 0.3 is 30.0 Å². The average Bonchev–Trinajstić information content (AvgIpc) is 3.28. The number of fused-ring (bicyclic) bond motifs is 1. The number of benzene rings is 3. The zero-order valence-corrected chi connectivity index (χ0v) is 35.6. The van der Waals surface area contributed by atoms with Crippen LogP contribution >= 0.6 is 0 Å². The van der Waals surface area contributed by atoms with Gasteiger partial charge in [-0.05, 0) is 16.7 Å². The molecule has 0 bridgehead atoms. The first-order valence-electron chi connectivity index (χ1n) is 20.4. The quantitative estimate of drug-likeness (QED) is 0.135. The van der Waals surface area contributed by atoms with Crippen molar-refractivity contribution in [2.24, 2.45) is 0 Å². The van der Waals surface area contributed by atoms with Gasteiger partial charge in [-0.1, -0.05) is 91.0 Å². The molecule has 18 nitrogen and oxygen atoms in total. The molecular formula is C45H53NO17. The number of carbonyl (C=O) groups is 5. The van der Waals surface area contributed by atoms with Crippen LogP contribution in [0.5, 0.6) is 0 Å². The first-order chi connectivity index (χ1) is 30.4. The lowest BCUT2D eigenvalue weighted by atomic mass is 9.87. The SMILES string of the molecule is COC(=O)[C@]1(OC[C@H]2O[C@H](OC)[C@H](OCc3ccccc3)[C@@H](OCc3ccccc3)[C@@H]2OCc2ccccc2)C[C@H](OC(C)=O)[C@H]2NC(=O)O[C@H]([C@@H](COC(C)=O)OC(C)=O)[C@@H]2O1. The Labute approximate surface area is 364 Å². The van der Waals surface area contributed by atoms with E-state index in [0.717, 1.165) is 44.6 Å². The zero-order valence-electron chi connectivity index (χ0n) is 35.6. The van der Waals surface area contributed by atoms with Gasteiger partial charge in [0, 0.05) is 27.9 Å². The van der Waals surface area contributed by atoms with Crippen molar-refractivity contribution in [3.05, 3.63) is 108 Å². The summed E-state index contributed by atoms with van der Waals surface area (Å²) in [5.41, 5.74) is 2.60. The number of ether oxygens (including phenoxy) is 12. The molecule has 3 fully saturated rings. The molecule has 3 heterocycles. The fraction of sp³-hybridized carbons (Fsp3) is 0.489. The largest absolute Gasteiger partial charge is 0.465 e. The predicted octanol–water partition coefficient (Wildman–Crippen LogP) is 3.69. The maximum atomic E-state index is 14.1. The van der Waals surface area contributed by atoms with Gasteiger partial charge in [0.1, 0.15) is 43.2 Å². The first kappa shape index (κ1) is 47.0. The summed E-state index contributed by atoms with van der Waals surface area (Å²) in [6.07, 6.45) is -12.0. The highest BCUT2D eigenvalue weighted by Crippen LogP contribution is 2.40. The van der Waals surface area contributed by atoms with Crippen LogP contribution in [0.15, 0.2) is 91.0 Å². The monoisotopic (exact) mass is 879 g/mol. The van der Waals surface area contributed by atoms with Crippen molar-refractivity contribution in [2.45, 2.75) is 114 Å². The number of alkyl carbamates (subject to hydrolysis) is 1. The molecule has 0 spiro atoms. The van der Waals surface area contributed by atoms with E-state index in [-0.39, 0.29) is 19.8 Å². The number of methoxy groups -OCH3 is 2. The lowest BCUT2D eigenvalue weighted by Gasteiger charge is -2.51. The Morgan fingerprint density at radius 3 is 1.81 bits per heavy atom. The summed E-state index contributed by atoms with van der Waals surface area (Å²) in [5, 5.41) is 2.58. The van der Waals surface area contributed by atoms with Gasteiger partial charge in [0.15, 0.2) is 18.5 Å². The van der Waals surface area contributed by atoms with E-state index in [1.54, 1.807) is 0 Å². The molecular weight excluding hydrogens is 826 g/mol. The van der Waals surface area contributed by atoms with Gasteiger partial charge < -0.3 is 62.2 Å². The first-order valence-corrected chi connectivity index (χ1v) is 20.4. The molecule has 0 aromatic heterocycles. The van der Waals surface area contributed by atoms with Crippen LogP contribution in [0.25, 0.3) is 0 Å². The van der Waals surface area contributed by atoms with Crippen LogP contribution in [0, 0.1) is 0 Å². The Morgan fingerprint density at radius 1 is 0.746 bits per heavy atom. The summed E-state index contributed by atoms with van der Waals surface area (Å²) in [4.78, 5) is 63.8. The summed E-state index contributed by atoms with van der Waals surface area (Å²) in [6.45, 7) is 2.82. The lowest BCUT2D eigenvalue weighted by Crippen LogP contribution is -2.72. The molecule has 1 amide bonds. The highest BCUT2D eigenvalue weighted by molar-refractivity contribution is 5.79. The average molecular weight is 880 g/mol. The molecule has 63 heavy (non-hydrogen) atoms. The van der Waals surface area contributed by atoms with Crippen LogP contribution in [0.2, 0.25) is 0 Å². The number of amides is 1. The van der Waals surface area contributed by atoms with E-state index in [9.17, 15) is 24.0 Å². The van der Waals surface area contributed by atoms with Crippen molar-refractivity contribution in [2.75, 3.05) is 27.4 Å². The number of hydrogen-bond donors (Lipinski definition) is 1. The fourth-order valence-corrected chi connectivity index (χ4v) is 7.70. The number of carbonyl (C=O) groups excluding carboxylic acids is 5. The van der Waals surface area contributed by atoms with Gasteiger partial charge in [-0.3, -0.25) is 14.4 Å². The number of rotatable bonds is 19.